The lowest BCUT2D eigenvalue weighted by atomic mass is 10.2. The molecule has 1 atom stereocenters. The van der Waals surface area contributed by atoms with E-state index in [9.17, 15) is 4.39 Å². The SMILES string of the molecule is CCC(N)c1nc2ccc(F)cc2n1C. The highest BCUT2D eigenvalue weighted by Crippen LogP contribution is 2.20. The van der Waals surface area contributed by atoms with E-state index in [-0.39, 0.29) is 11.9 Å². The predicted octanol–water partition coefficient (Wildman–Crippen LogP) is 2.12. The van der Waals surface area contributed by atoms with E-state index in [0.717, 1.165) is 23.3 Å². The van der Waals surface area contributed by atoms with Crippen molar-refractivity contribution in [3.05, 3.63) is 29.8 Å². The maximum atomic E-state index is 13.0. The van der Waals surface area contributed by atoms with E-state index in [2.05, 4.69) is 4.98 Å². The number of imidazole rings is 1. The van der Waals surface area contributed by atoms with Crippen molar-refractivity contribution in [1.82, 2.24) is 9.55 Å². The fraction of sp³-hybridized carbons (Fsp3) is 0.364. The summed E-state index contributed by atoms with van der Waals surface area (Å²) in [7, 11) is 1.86. The lowest BCUT2D eigenvalue weighted by Gasteiger charge is -2.08. The summed E-state index contributed by atoms with van der Waals surface area (Å²) in [5.41, 5.74) is 7.50. The van der Waals surface area contributed by atoms with Crippen LogP contribution in [0.2, 0.25) is 0 Å². The van der Waals surface area contributed by atoms with Gasteiger partial charge in [-0.15, -0.1) is 0 Å². The minimum atomic E-state index is -0.248. The summed E-state index contributed by atoms with van der Waals surface area (Å²) in [4.78, 5) is 4.40. The second-order valence-corrected chi connectivity index (χ2v) is 3.68. The largest absolute Gasteiger partial charge is 0.330 e. The second-order valence-electron chi connectivity index (χ2n) is 3.68. The molecule has 0 bridgehead atoms. The second kappa shape index (κ2) is 3.62. The van der Waals surface area contributed by atoms with Crippen molar-refractivity contribution in [3.8, 4) is 0 Å². The minimum Gasteiger partial charge on any atom is -0.330 e. The van der Waals surface area contributed by atoms with Gasteiger partial charge in [-0.25, -0.2) is 9.37 Å². The average molecular weight is 207 g/mol. The highest BCUT2D eigenvalue weighted by atomic mass is 19.1. The predicted molar refractivity (Wildman–Crippen MR) is 57.9 cm³/mol. The van der Waals surface area contributed by atoms with Crippen LogP contribution in [0.5, 0.6) is 0 Å². The summed E-state index contributed by atoms with van der Waals surface area (Å²) in [6.45, 7) is 2.00. The third-order valence-electron chi connectivity index (χ3n) is 2.65. The number of rotatable bonds is 2. The molecule has 4 heteroatoms. The number of aryl methyl sites for hydroxylation is 1. The molecular formula is C11H14FN3. The van der Waals surface area contributed by atoms with Gasteiger partial charge >= 0.3 is 0 Å². The number of hydrogen-bond donors (Lipinski definition) is 1. The smallest absolute Gasteiger partial charge is 0.126 e. The van der Waals surface area contributed by atoms with Crippen LogP contribution in [0.3, 0.4) is 0 Å². The van der Waals surface area contributed by atoms with Crippen LogP contribution in [-0.4, -0.2) is 9.55 Å². The number of benzene rings is 1. The molecule has 1 heterocycles. The van der Waals surface area contributed by atoms with Gasteiger partial charge in [0.25, 0.3) is 0 Å². The Labute approximate surface area is 87.7 Å². The van der Waals surface area contributed by atoms with Crippen molar-refractivity contribution in [2.45, 2.75) is 19.4 Å². The Morgan fingerprint density at radius 1 is 1.53 bits per heavy atom. The van der Waals surface area contributed by atoms with Crippen LogP contribution in [-0.2, 0) is 7.05 Å². The van der Waals surface area contributed by atoms with Gasteiger partial charge in [-0.1, -0.05) is 6.92 Å². The third-order valence-corrected chi connectivity index (χ3v) is 2.65. The Morgan fingerprint density at radius 2 is 2.27 bits per heavy atom. The molecule has 0 radical (unpaired) electrons. The van der Waals surface area contributed by atoms with Gasteiger partial charge in [-0.3, -0.25) is 0 Å². The monoisotopic (exact) mass is 207 g/mol. The number of aromatic nitrogens is 2. The van der Waals surface area contributed by atoms with Crippen LogP contribution < -0.4 is 5.73 Å². The number of hydrogen-bond acceptors (Lipinski definition) is 2. The molecule has 15 heavy (non-hydrogen) atoms. The molecule has 1 aromatic carbocycles. The fourth-order valence-electron chi connectivity index (χ4n) is 1.70. The van der Waals surface area contributed by atoms with E-state index in [1.807, 2.05) is 18.5 Å². The molecule has 2 aromatic rings. The zero-order valence-electron chi connectivity index (χ0n) is 8.87. The van der Waals surface area contributed by atoms with Gasteiger partial charge in [0.15, 0.2) is 0 Å². The lowest BCUT2D eigenvalue weighted by molar-refractivity contribution is 0.619. The van der Waals surface area contributed by atoms with E-state index in [1.54, 1.807) is 6.07 Å². The summed E-state index contributed by atoms with van der Waals surface area (Å²) in [6, 6.07) is 4.48. The van der Waals surface area contributed by atoms with Crippen LogP contribution in [0.1, 0.15) is 25.2 Å². The molecule has 1 unspecified atom stereocenters. The molecule has 1 aromatic heterocycles. The van der Waals surface area contributed by atoms with E-state index in [0.29, 0.717) is 0 Å². The summed E-state index contributed by atoms with van der Waals surface area (Å²) in [5, 5.41) is 0. The zero-order valence-corrected chi connectivity index (χ0v) is 8.87. The molecule has 2 rings (SSSR count). The topological polar surface area (TPSA) is 43.8 Å². The average Bonchev–Trinajstić information content (AvgIpc) is 2.55. The van der Waals surface area contributed by atoms with Gasteiger partial charge in [0.2, 0.25) is 0 Å². The molecule has 0 aliphatic rings. The lowest BCUT2D eigenvalue weighted by Crippen LogP contribution is -2.14. The highest BCUT2D eigenvalue weighted by molar-refractivity contribution is 5.76. The van der Waals surface area contributed by atoms with Crippen LogP contribution >= 0.6 is 0 Å². The first-order valence-corrected chi connectivity index (χ1v) is 5.01. The summed E-state index contributed by atoms with van der Waals surface area (Å²) < 4.78 is 14.9. The number of nitrogens with two attached hydrogens (primary N) is 1. The van der Waals surface area contributed by atoms with E-state index < -0.39 is 0 Å². The molecule has 3 nitrogen and oxygen atoms in total. The molecule has 80 valence electrons. The zero-order chi connectivity index (χ0) is 11.0. The normalized spacial score (nSPS) is 13.3. The standard InChI is InChI=1S/C11H14FN3/c1-3-8(13)11-14-9-5-4-7(12)6-10(9)15(11)2/h4-6,8H,3,13H2,1-2H3. The molecule has 0 saturated carbocycles. The Balaban J connectivity index is 2.64. The minimum absolute atomic E-state index is 0.0922. The summed E-state index contributed by atoms with van der Waals surface area (Å²) in [5.74, 6) is 0.556. The first kappa shape index (κ1) is 10.1. The number of nitrogens with zero attached hydrogens (tertiary/aromatic N) is 2. The number of fused-ring (bicyclic) bond motifs is 1. The maximum Gasteiger partial charge on any atom is 0.126 e. The van der Waals surface area contributed by atoms with Gasteiger partial charge in [0.05, 0.1) is 17.1 Å². The first-order chi connectivity index (χ1) is 7.13. The Bertz CT molecular complexity index is 490. The Morgan fingerprint density at radius 3 is 2.93 bits per heavy atom. The quantitative estimate of drug-likeness (QED) is 0.819. The molecule has 0 aliphatic heterocycles. The van der Waals surface area contributed by atoms with Crippen LogP contribution in [0, 0.1) is 5.82 Å². The van der Waals surface area contributed by atoms with Gasteiger partial charge in [0, 0.05) is 7.05 Å². The van der Waals surface area contributed by atoms with Gasteiger partial charge in [-0.2, -0.15) is 0 Å². The molecule has 0 saturated heterocycles. The maximum absolute atomic E-state index is 13.0. The Kier molecular flexibility index (Phi) is 2.44. The molecule has 0 amide bonds. The highest BCUT2D eigenvalue weighted by Gasteiger charge is 2.13. The fourth-order valence-corrected chi connectivity index (χ4v) is 1.70. The van der Waals surface area contributed by atoms with Crippen molar-refractivity contribution in [1.29, 1.82) is 0 Å². The van der Waals surface area contributed by atoms with E-state index in [4.69, 9.17) is 5.73 Å². The van der Waals surface area contributed by atoms with E-state index >= 15 is 0 Å². The van der Waals surface area contributed by atoms with Crippen LogP contribution in [0.4, 0.5) is 4.39 Å². The molecular weight excluding hydrogens is 193 g/mol. The molecule has 0 aliphatic carbocycles. The van der Waals surface area contributed by atoms with Crippen molar-refractivity contribution < 1.29 is 4.39 Å². The molecule has 0 fully saturated rings. The number of halogens is 1. The first-order valence-electron chi connectivity index (χ1n) is 5.01. The summed E-state index contributed by atoms with van der Waals surface area (Å²) in [6.07, 6.45) is 0.819. The van der Waals surface area contributed by atoms with Crippen molar-refractivity contribution in [2.75, 3.05) is 0 Å². The van der Waals surface area contributed by atoms with E-state index in [1.165, 1.54) is 12.1 Å². The third kappa shape index (κ3) is 1.61. The Hall–Kier alpha value is -1.42. The van der Waals surface area contributed by atoms with Crippen LogP contribution in [0.15, 0.2) is 18.2 Å². The van der Waals surface area contributed by atoms with Gasteiger partial charge in [0.1, 0.15) is 11.6 Å². The summed E-state index contributed by atoms with van der Waals surface area (Å²) >= 11 is 0. The van der Waals surface area contributed by atoms with Gasteiger partial charge < -0.3 is 10.3 Å². The van der Waals surface area contributed by atoms with Crippen LogP contribution in [0.25, 0.3) is 11.0 Å². The molecule has 2 N–H and O–H groups in total. The van der Waals surface area contributed by atoms with Crippen molar-refractivity contribution >= 4 is 11.0 Å². The van der Waals surface area contributed by atoms with Crippen molar-refractivity contribution in [3.63, 3.8) is 0 Å². The van der Waals surface area contributed by atoms with Crippen molar-refractivity contribution in [2.24, 2.45) is 12.8 Å². The van der Waals surface area contributed by atoms with Gasteiger partial charge in [-0.05, 0) is 24.6 Å². The molecule has 0 spiro atoms.